The smallest absolute Gasteiger partial charge is 0.343 e. The van der Waals surface area contributed by atoms with Crippen molar-refractivity contribution in [2.24, 2.45) is 0 Å². The van der Waals surface area contributed by atoms with E-state index in [0.29, 0.717) is 0 Å². The van der Waals surface area contributed by atoms with Crippen LogP contribution in [0.2, 0.25) is 0 Å². The normalized spacial score (nSPS) is 16.4. The molecule has 14 rings (SSSR count). The Labute approximate surface area is 399 Å². The third-order valence-corrected chi connectivity index (χ3v) is 19.7. The van der Waals surface area contributed by atoms with E-state index in [9.17, 15) is 0 Å². The van der Waals surface area contributed by atoms with Gasteiger partial charge in [0.15, 0.2) is 0 Å². The van der Waals surface area contributed by atoms with Gasteiger partial charge in [-0.2, -0.15) is 0 Å². The van der Waals surface area contributed by atoms with Gasteiger partial charge in [0.05, 0.1) is 16.7 Å². The number of nitrogens with zero attached hydrogens (tertiary/aromatic N) is 2. The molecule has 0 saturated heterocycles. The van der Waals surface area contributed by atoms with Crippen LogP contribution in [0.3, 0.4) is 0 Å². The highest BCUT2D eigenvalue weighted by Crippen LogP contribution is 2.57. The molecule has 4 aromatic heterocycles. The van der Waals surface area contributed by atoms with Gasteiger partial charge in [0, 0.05) is 82.9 Å². The van der Waals surface area contributed by atoms with Crippen LogP contribution >= 0.6 is 34.0 Å². The summed E-state index contributed by atoms with van der Waals surface area (Å²) < 4.78 is 11.1. The highest BCUT2D eigenvalue weighted by atomic mass is 32.1. The molecule has 0 bridgehead atoms. The number of benzene rings is 7. The average molecular weight is 909 g/mol. The van der Waals surface area contributed by atoms with Crippen LogP contribution in [0.15, 0.2) is 115 Å². The Balaban J connectivity index is 1.25. The first kappa shape index (κ1) is 39.7. The molecule has 0 saturated carbocycles. The van der Waals surface area contributed by atoms with Crippen molar-refractivity contribution in [1.82, 2.24) is 4.57 Å². The van der Waals surface area contributed by atoms with Crippen molar-refractivity contribution in [3.05, 3.63) is 138 Å². The number of rotatable bonds is 1. The number of hydrogen-bond donors (Lipinski definition) is 0. The standard InChI is InChI=1S/C60H53BN2S3/c1-57(2,3)32-19-22-34(23-20-32)63-44-31-48-37(35-15-11-13-17-45(35)64-48)28-38(44)49-50-36-16-12-14-18-46(36)65-55(50)51-39-29-41-42(60(9,10)26-25-59(41,7)8)30-43(39)62-53-40-27-33(58(4,5)6)21-24-47(40)66-56(53)61(63)52(49)54(51)62/h11-24,27-31H,25-26H2,1-10H3. The first-order valence-electron chi connectivity index (χ1n) is 23.9. The zero-order valence-electron chi connectivity index (χ0n) is 39.6. The van der Waals surface area contributed by atoms with Gasteiger partial charge in [0.2, 0.25) is 0 Å². The van der Waals surface area contributed by atoms with Crippen molar-refractivity contribution in [1.29, 1.82) is 0 Å². The Morgan fingerprint density at radius 1 is 0.545 bits per heavy atom. The van der Waals surface area contributed by atoms with Crippen molar-refractivity contribution in [2.45, 2.75) is 104 Å². The maximum absolute atomic E-state index is 2.80. The minimum absolute atomic E-state index is 0.00891. The summed E-state index contributed by atoms with van der Waals surface area (Å²) in [5, 5.41) is 9.68. The molecule has 0 fully saturated rings. The highest BCUT2D eigenvalue weighted by molar-refractivity contribution is 7.32. The molecular formula is C60H53BN2S3. The van der Waals surface area contributed by atoms with Crippen molar-refractivity contribution in [3.63, 3.8) is 0 Å². The van der Waals surface area contributed by atoms with Crippen molar-refractivity contribution >= 4 is 135 Å². The maximum Gasteiger partial charge on any atom is 0.343 e. The first-order valence-corrected chi connectivity index (χ1v) is 26.4. The molecule has 0 amide bonds. The van der Waals surface area contributed by atoms with E-state index in [0.717, 1.165) is 0 Å². The van der Waals surface area contributed by atoms with Crippen LogP contribution in [-0.4, -0.2) is 11.4 Å². The van der Waals surface area contributed by atoms with Crippen LogP contribution in [-0.2, 0) is 21.7 Å². The Morgan fingerprint density at radius 3 is 1.89 bits per heavy atom. The number of aromatic nitrogens is 1. The van der Waals surface area contributed by atoms with Gasteiger partial charge in [-0.3, -0.25) is 0 Å². The maximum atomic E-state index is 2.80. The second kappa shape index (κ2) is 12.8. The predicted molar refractivity (Wildman–Crippen MR) is 294 cm³/mol. The van der Waals surface area contributed by atoms with Gasteiger partial charge < -0.3 is 9.38 Å². The van der Waals surface area contributed by atoms with Gasteiger partial charge in [-0.05, 0) is 128 Å². The zero-order valence-corrected chi connectivity index (χ0v) is 42.0. The molecule has 3 aliphatic rings. The number of thiophene rings is 3. The largest absolute Gasteiger partial charge is 0.376 e. The third-order valence-electron chi connectivity index (χ3n) is 16.1. The summed E-state index contributed by atoms with van der Waals surface area (Å²) >= 11 is 5.96. The molecule has 1 aliphatic carbocycles. The summed E-state index contributed by atoms with van der Waals surface area (Å²) in [7, 11) is 0. The number of fused-ring (bicyclic) bond motifs is 19. The SMILES string of the molecule is CC(C)(C)c1ccc(N2B3c4sc5ccc(C(C)(C)C)cc5c4-n4c5cc6c(cc5c5c7sc8ccccc8c7c(c3c54)-c3cc4c(cc32)sc2ccccc24)C(C)(C)CCC6(C)C)cc1. The monoisotopic (exact) mass is 908 g/mol. The average Bonchev–Trinajstić information content (AvgIpc) is 4.04. The lowest BCUT2D eigenvalue weighted by Gasteiger charge is -2.42. The molecule has 324 valence electrons. The van der Waals surface area contributed by atoms with Crippen LogP contribution in [0.5, 0.6) is 0 Å². The molecule has 0 unspecified atom stereocenters. The Kier molecular flexibility index (Phi) is 7.69. The second-order valence-electron chi connectivity index (χ2n) is 23.1. The summed E-state index contributed by atoms with van der Waals surface area (Å²) in [6, 6.07) is 45.8. The Hall–Kier alpha value is -5.40. The molecule has 66 heavy (non-hydrogen) atoms. The molecule has 0 radical (unpaired) electrons. The van der Waals surface area contributed by atoms with Gasteiger partial charge in [-0.25, -0.2) is 0 Å². The third kappa shape index (κ3) is 5.14. The molecule has 6 heteroatoms. The molecular weight excluding hydrogens is 856 g/mol. The van der Waals surface area contributed by atoms with Gasteiger partial charge in [0.1, 0.15) is 0 Å². The summed E-state index contributed by atoms with van der Waals surface area (Å²) in [6.07, 6.45) is 2.37. The van der Waals surface area contributed by atoms with Gasteiger partial charge >= 0.3 is 6.85 Å². The number of anilines is 2. The molecule has 0 spiro atoms. The van der Waals surface area contributed by atoms with E-state index in [1.165, 1.54) is 146 Å². The zero-order chi connectivity index (χ0) is 45.1. The summed E-state index contributed by atoms with van der Waals surface area (Å²) in [5.74, 6) is 0. The fraction of sp³-hybridized carbons (Fsp3) is 0.267. The molecule has 7 aromatic carbocycles. The van der Waals surface area contributed by atoms with Gasteiger partial charge in [0.25, 0.3) is 0 Å². The summed E-state index contributed by atoms with van der Waals surface area (Å²) in [5.41, 5.74) is 16.9. The summed E-state index contributed by atoms with van der Waals surface area (Å²) in [6.45, 7) is 24.0. The second-order valence-corrected chi connectivity index (χ2v) is 26.4. The van der Waals surface area contributed by atoms with Crippen LogP contribution in [0.4, 0.5) is 11.4 Å². The minimum Gasteiger partial charge on any atom is -0.376 e. The van der Waals surface area contributed by atoms with Crippen molar-refractivity contribution in [3.8, 4) is 16.8 Å². The molecule has 2 nitrogen and oxygen atoms in total. The van der Waals surface area contributed by atoms with E-state index in [-0.39, 0.29) is 28.5 Å². The van der Waals surface area contributed by atoms with Gasteiger partial charge in [-0.15, -0.1) is 34.0 Å². The lowest BCUT2D eigenvalue weighted by atomic mass is 9.47. The van der Waals surface area contributed by atoms with E-state index in [4.69, 9.17) is 0 Å². The molecule has 0 atom stereocenters. The van der Waals surface area contributed by atoms with Crippen molar-refractivity contribution in [2.75, 3.05) is 4.81 Å². The quantitative estimate of drug-likeness (QED) is 0.149. The molecule has 2 aliphatic heterocycles. The van der Waals surface area contributed by atoms with Crippen LogP contribution in [0.1, 0.15) is 104 Å². The molecule has 0 N–H and O–H groups in total. The lowest BCUT2D eigenvalue weighted by Crippen LogP contribution is -2.59. The highest BCUT2D eigenvalue weighted by Gasteiger charge is 2.48. The van der Waals surface area contributed by atoms with Gasteiger partial charge in [-0.1, -0.05) is 124 Å². The van der Waals surface area contributed by atoms with E-state index in [1.807, 2.05) is 34.0 Å². The fourth-order valence-electron chi connectivity index (χ4n) is 12.4. The van der Waals surface area contributed by atoms with E-state index in [1.54, 1.807) is 0 Å². The van der Waals surface area contributed by atoms with Crippen LogP contribution in [0, 0.1) is 0 Å². The van der Waals surface area contributed by atoms with Crippen LogP contribution in [0.25, 0.3) is 89.1 Å². The topological polar surface area (TPSA) is 8.17 Å². The van der Waals surface area contributed by atoms with Crippen molar-refractivity contribution < 1.29 is 0 Å². The Bertz CT molecular complexity index is 3970. The summed E-state index contributed by atoms with van der Waals surface area (Å²) in [4.78, 5) is 2.77. The first-order chi connectivity index (χ1) is 31.5. The fourth-order valence-corrected chi connectivity index (χ4v) is 16.1. The predicted octanol–water partition coefficient (Wildman–Crippen LogP) is 16.9. The number of hydrogen-bond acceptors (Lipinski definition) is 4. The molecule has 6 heterocycles. The van der Waals surface area contributed by atoms with E-state index >= 15 is 0 Å². The molecule has 11 aromatic rings. The Morgan fingerprint density at radius 2 is 1.18 bits per heavy atom. The van der Waals surface area contributed by atoms with E-state index in [2.05, 4.69) is 194 Å². The lowest BCUT2D eigenvalue weighted by molar-refractivity contribution is 0.332. The van der Waals surface area contributed by atoms with Crippen LogP contribution < -0.4 is 15.1 Å². The van der Waals surface area contributed by atoms with E-state index < -0.39 is 0 Å². The minimum atomic E-state index is -0.0461.